The molecule has 2 aliphatic rings. The van der Waals surface area contributed by atoms with E-state index in [4.69, 9.17) is 28.8 Å². The molecule has 1 atom stereocenters. The summed E-state index contributed by atoms with van der Waals surface area (Å²) in [6.07, 6.45) is 20.6. The largest absolute Gasteiger partial charge is 0.500 e. The van der Waals surface area contributed by atoms with Crippen molar-refractivity contribution in [1.29, 1.82) is 0 Å². The van der Waals surface area contributed by atoms with Gasteiger partial charge in [0.05, 0.1) is 11.2 Å². The molecule has 582 valence electrons. The number of rotatable bonds is 13. The number of benzene rings is 8. The second-order valence-electron chi connectivity index (χ2n) is 36.1. The average molecular weight is 1960 g/mol. The Kier molecular flexibility index (Phi) is 27.4. The molecule has 0 amide bonds. The summed E-state index contributed by atoms with van der Waals surface area (Å²) >= 11 is -3.79. The van der Waals surface area contributed by atoms with E-state index in [-0.39, 0.29) is 40.2 Å². The van der Waals surface area contributed by atoms with Crippen molar-refractivity contribution in [2.75, 3.05) is 0 Å². The van der Waals surface area contributed by atoms with E-state index in [1.165, 1.54) is 125 Å². The van der Waals surface area contributed by atoms with Crippen LogP contribution in [0.3, 0.4) is 0 Å². The molecule has 2 radical (unpaired) electrons. The molecule has 0 N–H and O–H groups in total. The van der Waals surface area contributed by atoms with E-state index in [1.54, 1.807) is 0 Å². The summed E-state index contributed by atoms with van der Waals surface area (Å²) in [5.74, 6) is 16.7. The average Bonchev–Trinajstić information content (AvgIpc) is 1.60. The molecule has 8 aromatic carbocycles. The number of furan rings is 2. The maximum atomic E-state index is 6.32. The van der Waals surface area contributed by atoms with Crippen LogP contribution in [0.25, 0.3) is 111 Å². The van der Waals surface area contributed by atoms with Crippen molar-refractivity contribution in [3.05, 3.63) is 275 Å². The number of aromatic nitrogens is 4. The van der Waals surface area contributed by atoms with Gasteiger partial charge >= 0.3 is 264 Å². The van der Waals surface area contributed by atoms with Gasteiger partial charge in [0.25, 0.3) is 0 Å². The summed E-state index contributed by atoms with van der Waals surface area (Å²) < 4.78 is 15.6. The zero-order valence-electron chi connectivity index (χ0n) is 69.6. The van der Waals surface area contributed by atoms with Crippen LogP contribution in [0.2, 0.25) is 34.5 Å². The molecule has 0 bridgehead atoms. The van der Waals surface area contributed by atoms with E-state index in [0.717, 1.165) is 121 Å². The van der Waals surface area contributed by atoms with E-state index >= 15 is 0 Å². The van der Waals surface area contributed by atoms with Crippen LogP contribution in [0.15, 0.2) is 203 Å². The van der Waals surface area contributed by atoms with E-state index in [2.05, 4.69) is 283 Å². The molecule has 1 saturated carbocycles. The first-order chi connectivity index (χ1) is 52.4. The molecule has 0 spiro atoms. The molecule has 0 saturated heterocycles. The van der Waals surface area contributed by atoms with Gasteiger partial charge < -0.3 is 18.8 Å². The number of fused-ring (bicyclic) bond motifs is 7. The first-order valence-corrected chi connectivity index (χ1v) is 54.9. The zero-order chi connectivity index (χ0) is 78.0. The third kappa shape index (κ3) is 20.0. The molecular weight excluding hydrogens is 1840 g/mol. The monoisotopic (exact) mass is 1960 g/mol. The van der Waals surface area contributed by atoms with Crippen LogP contribution in [-0.2, 0) is 65.9 Å². The third-order valence-corrected chi connectivity index (χ3v) is 31.1. The number of hydrogen-bond donors (Lipinski definition) is 0. The second kappa shape index (κ2) is 36.0. The van der Waals surface area contributed by atoms with Gasteiger partial charge in [-0.05, 0) is 182 Å². The van der Waals surface area contributed by atoms with Crippen molar-refractivity contribution < 1.29 is 49.0 Å². The molecule has 16 rings (SSSR count). The normalized spacial score (nSPS) is 13.5. The summed E-state index contributed by atoms with van der Waals surface area (Å²) in [4.78, 5) is 19.0. The van der Waals surface area contributed by atoms with Crippen molar-refractivity contribution >= 4 is 79.2 Å². The van der Waals surface area contributed by atoms with Crippen LogP contribution >= 0.6 is 0 Å². The van der Waals surface area contributed by atoms with Gasteiger partial charge in [0.15, 0.2) is 0 Å². The van der Waals surface area contributed by atoms with E-state index in [1.807, 2.05) is 60.9 Å². The van der Waals surface area contributed by atoms with Gasteiger partial charge in [0.1, 0.15) is 11.2 Å². The fraction of sp³-hybridized carbons (Fsp3) is 0.333. The molecule has 10 heteroatoms. The third-order valence-electron chi connectivity index (χ3n) is 22.4. The van der Waals surface area contributed by atoms with Crippen molar-refractivity contribution in [3.63, 3.8) is 0 Å². The Hall–Kier alpha value is -7.66. The molecule has 1 unspecified atom stereocenters. The van der Waals surface area contributed by atoms with Gasteiger partial charge in [-0.25, -0.2) is 0 Å². The molecule has 6 nitrogen and oxygen atoms in total. The van der Waals surface area contributed by atoms with Gasteiger partial charge in [0.2, 0.25) is 0 Å². The Morgan fingerprint density at radius 1 is 0.446 bits per heavy atom. The first-order valence-electron chi connectivity index (χ1n) is 40.2. The summed E-state index contributed by atoms with van der Waals surface area (Å²) in [5, 5.41) is 4.53. The summed E-state index contributed by atoms with van der Waals surface area (Å²) in [7, 11) is 0. The summed E-state index contributed by atoms with van der Waals surface area (Å²) in [6, 6.07) is 73.4. The van der Waals surface area contributed by atoms with Gasteiger partial charge in [-0.2, -0.15) is 0 Å². The Balaban J connectivity index is 0.000000151. The maximum absolute atomic E-state index is 6.32. The van der Waals surface area contributed by atoms with Gasteiger partial charge in [-0.3, -0.25) is 0 Å². The molecule has 0 aliphatic heterocycles. The van der Waals surface area contributed by atoms with Gasteiger partial charge in [-0.1, -0.05) is 109 Å². The van der Waals surface area contributed by atoms with Crippen LogP contribution < -0.4 is 8.79 Å². The fourth-order valence-electron chi connectivity index (χ4n) is 17.1. The minimum Gasteiger partial charge on any atom is -0.500 e. The van der Waals surface area contributed by atoms with Gasteiger partial charge in [-0.15, -0.1) is 47.5 Å². The second-order valence-corrected chi connectivity index (χ2v) is 57.3. The number of nitrogens with zero attached hydrogens (tertiary/aromatic N) is 4. The Morgan fingerprint density at radius 2 is 0.938 bits per heavy atom. The Bertz CT molecular complexity index is 5470. The number of pyridine rings is 4. The molecular formula is C102H112Ge2Ir2N4O2-4. The van der Waals surface area contributed by atoms with Crippen LogP contribution in [0, 0.1) is 81.5 Å². The number of aryl methyl sites for hydroxylation is 5. The van der Waals surface area contributed by atoms with Crippen molar-refractivity contribution in [3.8, 4) is 67.3 Å². The minimum atomic E-state index is -1.90. The molecule has 6 heterocycles. The quantitative estimate of drug-likeness (QED) is 0.0845. The predicted octanol–water partition coefficient (Wildman–Crippen LogP) is 26.9. The number of hydrogen-bond acceptors (Lipinski definition) is 6. The van der Waals surface area contributed by atoms with Crippen LogP contribution in [0.4, 0.5) is 0 Å². The summed E-state index contributed by atoms with van der Waals surface area (Å²) in [6.45, 7) is 29.5. The van der Waals surface area contributed by atoms with Gasteiger partial charge in [0, 0.05) is 63.4 Å². The predicted molar refractivity (Wildman–Crippen MR) is 472 cm³/mol. The molecule has 6 aromatic heterocycles. The SMILES string of the molecule is CC(C)(C)Cc1cc(-c2[c-]cccc2)nc[c]1[Ge]([CH3])([CH3])[CH3].CC(C)(C)Cc1cc(-c2[c-]cccc2)nc[c]1[Ge]([CH3])([CH3])[CH3].Cc1ccc(C)c(-c2ccc3c(c2)oc2c[c-]c(-c4cc(C(C(C)C)C5CCCC5)ccn4)cc23)c1C.Cc1cccc(C)c1-c1ccc2c(c1)oc1c[c-]c(-c3nccc4c3CCCC4)cc12.[Ir].[Ir]. The smallest absolute Gasteiger partial charge is 0.121 e. The van der Waals surface area contributed by atoms with Crippen molar-refractivity contribution in [1.82, 2.24) is 19.9 Å². The van der Waals surface area contributed by atoms with Crippen molar-refractivity contribution in [2.45, 2.75) is 195 Å². The Labute approximate surface area is 701 Å². The Morgan fingerprint density at radius 3 is 1.46 bits per heavy atom. The van der Waals surface area contributed by atoms with E-state index in [9.17, 15) is 0 Å². The minimum absolute atomic E-state index is 0. The molecule has 14 aromatic rings. The standard InChI is InChI=1S/C35H36NO.C29H24NO.2C19H26GeN.2Ir/c1-21(2)34(25-8-6-7-9-25)28-16-17-36-31(19-28)26-13-15-32-30(18-26)29-14-12-27(20-33(29)37-32)35-23(4)11-10-22(3)24(35)5;1-18-6-5-7-19(2)28(18)21-10-12-24-25-16-22(11-13-26(25)31-27(24)17-21)29-23-9-4-3-8-20(23)14-15-30-29;2*1-19(2,3)13-16-12-18(15-10-8-7-9-11-15)21-14-17(16)20(4,5)6;;/h10-12,14-21,25,34H,6-9H2,1-5H3;5-7,10,12-17H,3-4,8-9H2,1-2H3;2*7-10,12,14H,13H2,1-6H3;;/q4*-1;;. The van der Waals surface area contributed by atoms with E-state index in [0.29, 0.717) is 22.7 Å². The van der Waals surface area contributed by atoms with E-state index < -0.39 is 26.5 Å². The van der Waals surface area contributed by atoms with Crippen LogP contribution in [-0.4, -0.2) is 46.5 Å². The fourth-order valence-corrected chi connectivity index (χ4v) is 23.7. The summed E-state index contributed by atoms with van der Waals surface area (Å²) in [5.41, 5.74) is 31.3. The molecule has 112 heavy (non-hydrogen) atoms. The maximum Gasteiger partial charge on any atom is 0.121 e. The van der Waals surface area contributed by atoms with Crippen molar-refractivity contribution in [2.24, 2.45) is 22.7 Å². The first kappa shape index (κ1) is 85.2. The topological polar surface area (TPSA) is 77.8 Å². The molecule has 2 aliphatic carbocycles. The van der Waals surface area contributed by atoms with Crippen LogP contribution in [0.1, 0.15) is 155 Å². The van der Waals surface area contributed by atoms with Crippen LogP contribution in [0.5, 0.6) is 0 Å². The zero-order valence-corrected chi connectivity index (χ0v) is 78.5. The molecule has 1 fully saturated rings.